The first-order valence-electron chi connectivity index (χ1n) is 7.96. The molecule has 2 N–H and O–H groups in total. The van der Waals surface area contributed by atoms with Crippen LogP contribution in [0.4, 0.5) is 10.1 Å². The third-order valence-corrected chi connectivity index (χ3v) is 3.79. The SMILES string of the molecule is CNC(=O)Cn1cc(NC(=O)c2cccc(-c3ccccc3F)c2)cn1. The Labute approximate surface area is 149 Å². The highest BCUT2D eigenvalue weighted by Crippen LogP contribution is 2.23. The van der Waals surface area contributed by atoms with Gasteiger partial charge < -0.3 is 10.6 Å². The van der Waals surface area contributed by atoms with Crippen molar-refractivity contribution >= 4 is 17.5 Å². The Morgan fingerprint density at radius 3 is 2.73 bits per heavy atom. The first-order chi connectivity index (χ1) is 12.6. The lowest BCUT2D eigenvalue weighted by atomic mass is 10.0. The van der Waals surface area contributed by atoms with E-state index in [2.05, 4.69) is 15.7 Å². The highest BCUT2D eigenvalue weighted by molar-refractivity contribution is 6.04. The molecule has 26 heavy (non-hydrogen) atoms. The molecule has 0 fully saturated rings. The Bertz CT molecular complexity index is 952. The van der Waals surface area contributed by atoms with Crippen LogP contribution in [0.2, 0.25) is 0 Å². The zero-order valence-electron chi connectivity index (χ0n) is 14.1. The summed E-state index contributed by atoms with van der Waals surface area (Å²) in [5, 5.41) is 9.23. The summed E-state index contributed by atoms with van der Waals surface area (Å²) >= 11 is 0. The van der Waals surface area contributed by atoms with E-state index in [9.17, 15) is 14.0 Å². The summed E-state index contributed by atoms with van der Waals surface area (Å²) in [4.78, 5) is 23.8. The van der Waals surface area contributed by atoms with Gasteiger partial charge >= 0.3 is 0 Å². The number of amides is 2. The van der Waals surface area contributed by atoms with Crippen LogP contribution in [-0.4, -0.2) is 28.6 Å². The number of hydrogen-bond donors (Lipinski definition) is 2. The van der Waals surface area contributed by atoms with Crippen molar-refractivity contribution < 1.29 is 14.0 Å². The van der Waals surface area contributed by atoms with Crippen LogP contribution in [0, 0.1) is 5.82 Å². The van der Waals surface area contributed by atoms with Gasteiger partial charge in [0.1, 0.15) is 12.4 Å². The number of carbonyl (C=O) groups excluding carboxylic acids is 2. The van der Waals surface area contributed by atoms with Crippen molar-refractivity contribution in [2.45, 2.75) is 6.54 Å². The number of aromatic nitrogens is 2. The Morgan fingerprint density at radius 1 is 1.15 bits per heavy atom. The smallest absolute Gasteiger partial charge is 0.255 e. The van der Waals surface area contributed by atoms with Crippen LogP contribution in [-0.2, 0) is 11.3 Å². The van der Waals surface area contributed by atoms with E-state index in [4.69, 9.17) is 0 Å². The zero-order valence-corrected chi connectivity index (χ0v) is 14.1. The Kier molecular flexibility index (Phi) is 5.07. The number of hydrogen-bond acceptors (Lipinski definition) is 3. The van der Waals surface area contributed by atoms with E-state index < -0.39 is 0 Å². The lowest BCUT2D eigenvalue weighted by molar-refractivity contribution is -0.121. The van der Waals surface area contributed by atoms with Crippen molar-refractivity contribution in [1.29, 1.82) is 0 Å². The van der Waals surface area contributed by atoms with Crippen molar-refractivity contribution in [2.75, 3.05) is 12.4 Å². The molecule has 6 nitrogen and oxygen atoms in total. The zero-order chi connectivity index (χ0) is 18.5. The molecule has 0 unspecified atom stereocenters. The summed E-state index contributed by atoms with van der Waals surface area (Å²) in [6.07, 6.45) is 3.02. The fourth-order valence-electron chi connectivity index (χ4n) is 2.47. The van der Waals surface area contributed by atoms with E-state index in [0.29, 0.717) is 22.4 Å². The van der Waals surface area contributed by atoms with Crippen LogP contribution in [0.15, 0.2) is 60.9 Å². The molecule has 7 heteroatoms. The van der Waals surface area contributed by atoms with Crippen LogP contribution in [0.5, 0.6) is 0 Å². The Balaban J connectivity index is 1.76. The molecular formula is C19H17FN4O2. The second-order valence-corrected chi connectivity index (χ2v) is 5.61. The van der Waals surface area contributed by atoms with Crippen LogP contribution in [0.1, 0.15) is 10.4 Å². The van der Waals surface area contributed by atoms with E-state index in [1.807, 2.05) is 0 Å². The maximum Gasteiger partial charge on any atom is 0.255 e. The normalized spacial score (nSPS) is 10.4. The topological polar surface area (TPSA) is 76.0 Å². The number of nitrogens with one attached hydrogen (secondary N) is 2. The van der Waals surface area contributed by atoms with E-state index >= 15 is 0 Å². The molecule has 132 valence electrons. The number of rotatable bonds is 5. The van der Waals surface area contributed by atoms with E-state index in [1.165, 1.54) is 24.0 Å². The van der Waals surface area contributed by atoms with Crippen molar-refractivity contribution in [1.82, 2.24) is 15.1 Å². The van der Waals surface area contributed by atoms with E-state index in [-0.39, 0.29) is 24.2 Å². The third kappa shape index (κ3) is 3.94. The van der Waals surface area contributed by atoms with E-state index in [1.54, 1.807) is 48.7 Å². The highest BCUT2D eigenvalue weighted by Gasteiger charge is 2.11. The molecular weight excluding hydrogens is 335 g/mol. The van der Waals surface area contributed by atoms with Gasteiger partial charge in [0, 0.05) is 24.4 Å². The summed E-state index contributed by atoms with van der Waals surface area (Å²) in [6, 6.07) is 13.1. The average Bonchev–Trinajstić information content (AvgIpc) is 3.08. The van der Waals surface area contributed by atoms with Crippen molar-refractivity contribution in [2.24, 2.45) is 0 Å². The van der Waals surface area contributed by atoms with Crippen molar-refractivity contribution in [3.05, 3.63) is 72.3 Å². The van der Waals surface area contributed by atoms with Crippen LogP contribution >= 0.6 is 0 Å². The molecule has 2 amide bonds. The molecule has 0 aliphatic rings. The molecule has 3 aromatic rings. The lowest BCUT2D eigenvalue weighted by Gasteiger charge is -2.07. The standard InChI is InChI=1S/C19H17FN4O2/c1-21-18(25)12-24-11-15(10-22-24)23-19(26)14-6-4-5-13(9-14)16-7-2-3-8-17(16)20/h2-11H,12H2,1H3,(H,21,25)(H,23,26). The molecule has 0 atom stereocenters. The van der Waals surface area contributed by atoms with Gasteiger partial charge in [-0.1, -0.05) is 30.3 Å². The average molecular weight is 352 g/mol. The molecule has 0 aliphatic carbocycles. The summed E-state index contributed by atoms with van der Waals surface area (Å²) in [5.41, 5.74) is 1.91. The number of anilines is 1. The molecule has 0 radical (unpaired) electrons. The molecule has 0 bridgehead atoms. The summed E-state index contributed by atoms with van der Waals surface area (Å²) in [6.45, 7) is 0.0646. The molecule has 0 saturated heterocycles. The predicted molar refractivity (Wildman–Crippen MR) is 96.1 cm³/mol. The van der Waals surface area contributed by atoms with Gasteiger partial charge in [-0.25, -0.2) is 4.39 Å². The molecule has 2 aromatic carbocycles. The van der Waals surface area contributed by atoms with Crippen LogP contribution in [0.3, 0.4) is 0 Å². The molecule has 1 aromatic heterocycles. The minimum atomic E-state index is -0.347. The van der Waals surface area contributed by atoms with Crippen molar-refractivity contribution in [3.8, 4) is 11.1 Å². The second-order valence-electron chi connectivity index (χ2n) is 5.61. The number of benzene rings is 2. The highest BCUT2D eigenvalue weighted by atomic mass is 19.1. The molecule has 0 aliphatic heterocycles. The second kappa shape index (κ2) is 7.60. The Hall–Kier alpha value is -3.48. The third-order valence-electron chi connectivity index (χ3n) is 3.79. The maximum atomic E-state index is 13.9. The number of nitrogens with zero attached hydrogens (tertiary/aromatic N) is 2. The van der Waals surface area contributed by atoms with Crippen LogP contribution < -0.4 is 10.6 Å². The van der Waals surface area contributed by atoms with Gasteiger partial charge in [-0.05, 0) is 23.8 Å². The van der Waals surface area contributed by atoms with Gasteiger partial charge in [-0.3, -0.25) is 14.3 Å². The Morgan fingerprint density at radius 2 is 1.96 bits per heavy atom. The monoisotopic (exact) mass is 352 g/mol. The fraction of sp³-hybridized carbons (Fsp3) is 0.105. The fourth-order valence-corrected chi connectivity index (χ4v) is 2.47. The summed E-state index contributed by atoms with van der Waals surface area (Å²) in [5.74, 6) is -0.883. The number of likely N-dealkylation sites (N-methyl/N-ethyl adjacent to an activating group) is 1. The minimum Gasteiger partial charge on any atom is -0.358 e. The van der Waals surface area contributed by atoms with Gasteiger partial charge in [0.15, 0.2) is 0 Å². The van der Waals surface area contributed by atoms with Gasteiger partial charge in [0.25, 0.3) is 5.91 Å². The number of carbonyl (C=O) groups is 2. The molecule has 0 spiro atoms. The summed E-state index contributed by atoms with van der Waals surface area (Å²) < 4.78 is 15.4. The maximum absolute atomic E-state index is 13.9. The van der Waals surface area contributed by atoms with Gasteiger partial charge in [-0.15, -0.1) is 0 Å². The minimum absolute atomic E-state index is 0.0646. The molecule has 0 saturated carbocycles. The van der Waals surface area contributed by atoms with Gasteiger partial charge in [0.2, 0.25) is 5.91 Å². The van der Waals surface area contributed by atoms with E-state index in [0.717, 1.165) is 0 Å². The van der Waals surface area contributed by atoms with Gasteiger partial charge in [0.05, 0.1) is 11.9 Å². The first-order valence-corrected chi connectivity index (χ1v) is 7.96. The van der Waals surface area contributed by atoms with Gasteiger partial charge in [-0.2, -0.15) is 5.10 Å². The first kappa shape index (κ1) is 17.3. The quantitative estimate of drug-likeness (QED) is 0.741. The number of halogens is 1. The summed E-state index contributed by atoms with van der Waals surface area (Å²) in [7, 11) is 1.54. The van der Waals surface area contributed by atoms with Crippen molar-refractivity contribution in [3.63, 3.8) is 0 Å². The molecule has 3 rings (SSSR count). The molecule has 1 heterocycles. The predicted octanol–water partition coefficient (Wildman–Crippen LogP) is 2.69. The lowest BCUT2D eigenvalue weighted by Crippen LogP contribution is -2.23. The van der Waals surface area contributed by atoms with Crippen LogP contribution in [0.25, 0.3) is 11.1 Å². The largest absolute Gasteiger partial charge is 0.358 e.